The van der Waals surface area contributed by atoms with Gasteiger partial charge in [0.05, 0.1) is 11.2 Å². The van der Waals surface area contributed by atoms with E-state index >= 15 is 0 Å². The molecule has 0 bridgehead atoms. The fraction of sp³-hybridized carbons (Fsp3) is 0.0323. The maximum Gasteiger partial charge on any atom is 0.194 e. The summed E-state index contributed by atoms with van der Waals surface area (Å²) in [6.45, 7) is 0. The number of halogens is 1. The number of ketones is 1. The molecule has 38 heavy (non-hydrogen) atoms. The Morgan fingerprint density at radius 3 is 2.26 bits per heavy atom. The van der Waals surface area contributed by atoms with Crippen molar-refractivity contribution < 1.29 is 9.18 Å². The molecule has 0 fully saturated rings. The number of rotatable bonds is 3. The van der Waals surface area contributed by atoms with E-state index in [0.29, 0.717) is 33.9 Å². The highest BCUT2D eigenvalue weighted by Crippen LogP contribution is 2.40. The van der Waals surface area contributed by atoms with Crippen molar-refractivity contribution in [3.8, 4) is 29.2 Å². The molecule has 0 saturated carbocycles. The number of Topliss-reactive ketones (excluding diaryl/α,β-unsaturated/α-hetero) is 1. The van der Waals surface area contributed by atoms with E-state index in [1.807, 2.05) is 64.7 Å². The molecule has 2 aromatic heterocycles. The van der Waals surface area contributed by atoms with Crippen LogP contribution in [0.15, 0.2) is 96.1 Å². The van der Waals surface area contributed by atoms with E-state index in [-0.39, 0.29) is 22.7 Å². The third kappa shape index (κ3) is 3.46. The Morgan fingerprint density at radius 1 is 0.921 bits per heavy atom. The van der Waals surface area contributed by atoms with Crippen LogP contribution in [-0.2, 0) is 7.05 Å². The van der Waals surface area contributed by atoms with E-state index in [0.717, 1.165) is 16.8 Å². The average molecular weight is 496 g/mol. The molecule has 7 heteroatoms. The van der Waals surface area contributed by atoms with Gasteiger partial charge in [-0.2, -0.15) is 10.5 Å². The molecule has 6 rings (SSSR count). The van der Waals surface area contributed by atoms with Crippen molar-refractivity contribution in [3.05, 3.63) is 119 Å². The minimum Gasteiger partial charge on any atom is -0.326 e. The standard InChI is InChI=1S/C31H18FN5O/c1-36-27-16-23(15-26-28(20(17-33)18-34)24-9-5-6-10-25(24)29(26)38)37(22-7-3-2-4-8-22)31(27)35-30(36)19-11-13-21(32)14-12-19/h2-16H,1H3/b26-15-. The van der Waals surface area contributed by atoms with Gasteiger partial charge in [-0.15, -0.1) is 0 Å². The molecule has 180 valence electrons. The highest BCUT2D eigenvalue weighted by molar-refractivity contribution is 6.29. The normalized spacial score (nSPS) is 13.5. The number of aryl methyl sites for hydroxylation is 1. The van der Waals surface area contributed by atoms with Crippen LogP contribution in [0.5, 0.6) is 0 Å². The van der Waals surface area contributed by atoms with E-state index < -0.39 is 0 Å². The first-order valence-corrected chi connectivity index (χ1v) is 11.8. The van der Waals surface area contributed by atoms with E-state index in [9.17, 15) is 19.7 Å². The first-order chi connectivity index (χ1) is 18.5. The molecule has 3 aromatic carbocycles. The van der Waals surface area contributed by atoms with Crippen molar-refractivity contribution in [2.45, 2.75) is 0 Å². The van der Waals surface area contributed by atoms with Gasteiger partial charge in [0.25, 0.3) is 0 Å². The second-order valence-corrected chi connectivity index (χ2v) is 8.86. The molecular weight excluding hydrogens is 477 g/mol. The first-order valence-electron chi connectivity index (χ1n) is 11.8. The minimum absolute atomic E-state index is 0.117. The van der Waals surface area contributed by atoms with Crippen molar-refractivity contribution in [2.24, 2.45) is 7.05 Å². The van der Waals surface area contributed by atoms with Crippen LogP contribution in [0.25, 0.3) is 39.9 Å². The summed E-state index contributed by atoms with van der Waals surface area (Å²) in [6, 6.07) is 28.6. The summed E-state index contributed by atoms with van der Waals surface area (Å²) >= 11 is 0. The zero-order valence-electron chi connectivity index (χ0n) is 20.2. The number of hydrogen-bond acceptors (Lipinski definition) is 4. The lowest BCUT2D eigenvalue weighted by molar-refractivity contribution is 0.104. The van der Waals surface area contributed by atoms with Gasteiger partial charge in [-0.3, -0.25) is 9.36 Å². The number of nitriles is 2. The molecule has 5 aromatic rings. The molecule has 0 saturated heterocycles. The third-order valence-electron chi connectivity index (χ3n) is 6.71. The average Bonchev–Trinajstić information content (AvgIpc) is 3.55. The second-order valence-electron chi connectivity index (χ2n) is 8.86. The maximum atomic E-state index is 13.5. The fourth-order valence-corrected chi connectivity index (χ4v) is 4.96. The Kier molecular flexibility index (Phi) is 5.33. The van der Waals surface area contributed by atoms with Crippen molar-refractivity contribution in [3.63, 3.8) is 0 Å². The fourth-order valence-electron chi connectivity index (χ4n) is 4.96. The van der Waals surface area contributed by atoms with Crippen molar-refractivity contribution in [2.75, 3.05) is 0 Å². The third-order valence-corrected chi connectivity index (χ3v) is 6.71. The lowest BCUT2D eigenvalue weighted by Crippen LogP contribution is -2.01. The molecule has 1 aliphatic carbocycles. The molecule has 0 radical (unpaired) electrons. The molecular formula is C31H18FN5O. The summed E-state index contributed by atoms with van der Waals surface area (Å²) in [7, 11) is 1.88. The van der Waals surface area contributed by atoms with Crippen LogP contribution in [0.2, 0.25) is 0 Å². The van der Waals surface area contributed by atoms with Gasteiger partial charge in [0.1, 0.15) is 29.4 Å². The summed E-state index contributed by atoms with van der Waals surface area (Å²) in [4.78, 5) is 18.4. The Hall–Kier alpha value is -5.53. The topological polar surface area (TPSA) is 87.4 Å². The summed E-state index contributed by atoms with van der Waals surface area (Å²) in [5, 5.41) is 19.4. The summed E-state index contributed by atoms with van der Waals surface area (Å²) in [6.07, 6.45) is 1.72. The summed E-state index contributed by atoms with van der Waals surface area (Å²) in [5.74, 6) is 0.0962. The van der Waals surface area contributed by atoms with Gasteiger partial charge < -0.3 is 4.57 Å². The molecule has 0 N–H and O–H groups in total. The van der Waals surface area contributed by atoms with Gasteiger partial charge in [0, 0.05) is 35.0 Å². The zero-order valence-corrected chi connectivity index (χ0v) is 20.2. The van der Waals surface area contributed by atoms with E-state index in [2.05, 4.69) is 0 Å². The predicted octanol–water partition coefficient (Wildman–Crippen LogP) is 6.25. The van der Waals surface area contributed by atoms with Gasteiger partial charge >= 0.3 is 0 Å². The Labute approximate surface area is 217 Å². The Bertz CT molecular complexity index is 1890. The molecule has 0 aliphatic heterocycles. The van der Waals surface area contributed by atoms with Gasteiger partial charge in [-0.1, -0.05) is 42.5 Å². The molecule has 2 heterocycles. The number of carbonyl (C=O) groups excluding carboxylic acids is 1. The number of fused-ring (bicyclic) bond motifs is 2. The number of benzene rings is 3. The Balaban J connectivity index is 1.63. The number of allylic oxidation sites excluding steroid dienone is 3. The number of carbonyl (C=O) groups is 1. The van der Waals surface area contributed by atoms with Gasteiger partial charge in [0.15, 0.2) is 11.4 Å². The van der Waals surface area contributed by atoms with Crippen molar-refractivity contribution in [1.29, 1.82) is 10.5 Å². The smallest absolute Gasteiger partial charge is 0.194 e. The first kappa shape index (κ1) is 22.9. The highest BCUT2D eigenvalue weighted by atomic mass is 19.1. The predicted molar refractivity (Wildman–Crippen MR) is 142 cm³/mol. The van der Waals surface area contributed by atoms with Crippen LogP contribution in [0.3, 0.4) is 0 Å². The van der Waals surface area contributed by atoms with Crippen LogP contribution < -0.4 is 0 Å². The lowest BCUT2D eigenvalue weighted by atomic mass is 9.99. The minimum atomic E-state index is -0.324. The lowest BCUT2D eigenvalue weighted by Gasteiger charge is -2.09. The van der Waals surface area contributed by atoms with Gasteiger partial charge in [0.2, 0.25) is 0 Å². The van der Waals surface area contributed by atoms with Crippen LogP contribution in [0, 0.1) is 28.5 Å². The van der Waals surface area contributed by atoms with Gasteiger partial charge in [-0.25, -0.2) is 9.37 Å². The van der Waals surface area contributed by atoms with E-state index in [4.69, 9.17) is 4.98 Å². The highest BCUT2D eigenvalue weighted by Gasteiger charge is 2.33. The summed E-state index contributed by atoms with van der Waals surface area (Å²) in [5.41, 5.74) is 5.23. The van der Waals surface area contributed by atoms with Crippen molar-refractivity contribution in [1.82, 2.24) is 14.1 Å². The molecule has 0 amide bonds. The van der Waals surface area contributed by atoms with Crippen molar-refractivity contribution >= 4 is 28.6 Å². The Morgan fingerprint density at radius 2 is 1.58 bits per heavy atom. The number of hydrogen-bond donors (Lipinski definition) is 0. The van der Waals surface area contributed by atoms with Crippen LogP contribution in [0.1, 0.15) is 21.6 Å². The largest absolute Gasteiger partial charge is 0.326 e. The number of para-hydroxylation sites is 1. The number of nitrogens with zero attached hydrogens (tertiary/aromatic N) is 5. The molecule has 1 aliphatic rings. The van der Waals surface area contributed by atoms with Crippen LogP contribution in [-0.4, -0.2) is 19.9 Å². The maximum absolute atomic E-state index is 13.5. The SMILES string of the molecule is Cn1c(-c2ccc(F)cc2)nc2c1cc(/C=C1\C(=O)c3ccccc3C1=C(C#N)C#N)n2-c1ccccc1. The number of imidazole rings is 1. The quantitative estimate of drug-likeness (QED) is 0.219. The van der Waals surface area contributed by atoms with Crippen LogP contribution in [0.4, 0.5) is 4.39 Å². The molecule has 0 atom stereocenters. The number of aromatic nitrogens is 3. The zero-order chi connectivity index (χ0) is 26.4. The van der Waals surface area contributed by atoms with E-state index in [1.54, 1.807) is 42.5 Å². The van der Waals surface area contributed by atoms with Gasteiger partial charge in [-0.05, 0) is 54.1 Å². The van der Waals surface area contributed by atoms with Crippen LogP contribution >= 0.6 is 0 Å². The second kappa shape index (κ2) is 8.85. The molecule has 6 nitrogen and oxygen atoms in total. The monoisotopic (exact) mass is 495 g/mol. The van der Waals surface area contributed by atoms with E-state index in [1.165, 1.54) is 12.1 Å². The summed E-state index contributed by atoms with van der Waals surface area (Å²) < 4.78 is 17.4. The molecule has 0 spiro atoms. The molecule has 0 unspecified atom stereocenters.